The molecule has 0 heterocycles. The standard InChI is InChI=1S/C16H16O2.3C2H6/c1-11-4-6-13(7-5-11)14-8-12(2)9-15(10-14)16(17)18-3;3*1-2/h4-10H,1-3H3;3*1-2H3. The van der Waals surface area contributed by atoms with E-state index in [-0.39, 0.29) is 5.97 Å². The highest BCUT2D eigenvalue weighted by molar-refractivity contribution is 5.91. The first-order valence-electron chi connectivity index (χ1n) is 8.87. The summed E-state index contributed by atoms with van der Waals surface area (Å²) in [5, 5.41) is 0. The van der Waals surface area contributed by atoms with Crippen LogP contribution in [-0.4, -0.2) is 13.1 Å². The monoisotopic (exact) mass is 330 g/mol. The van der Waals surface area contributed by atoms with Crippen molar-refractivity contribution in [2.75, 3.05) is 7.11 Å². The Labute approximate surface area is 148 Å². The summed E-state index contributed by atoms with van der Waals surface area (Å²) in [5.74, 6) is -0.299. The molecule has 2 nitrogen and oxygen atoms in total. The number of ether oxygens (including phenoxy) is 1. The van der Waals surface area contributed by atoms with Crippen LogP contribution >= 0.6 is 0 Å². The minimum absolute atomic E-state index is 0.299. The molecule has 0 atom stereocenters. The van der Waals surface area contributed by atoms with E-state index in [9.17, 15) is 4.79 Å². The number of benzene rings is 2. The Morgan fingerprint density at radius 2 is 1.21 bits per heavy atom. The normalized spacial score (nSPS) is 8.38. The Hall–Kier alpha value is -2.09. The van der Waals surface area contributed by atoms with Crippen LogP contribution in [0.3, 0.4) is 0 Å². The lowest BCUT2D eigenvalue weighted by molar-refractivity contribution is 0.0600. The van der Waals surface area contributed by atoms with Crippen LogP contribution in [0.1, 0.15) is 63.0 Å². The van der Waals surface area contributed by atoms with Crippen molar-refractivity contribution < 1.29 is 9.53 Å². The van der Waals surface area contributed by atoms with Crippen LogP contribution in [0.25, 0.3) is 11.1 Å². The highest BCUT2D eigenvalue weighted by Gasteiger charge is 2.08. The summed E-state index contributed by atoms with van der Waals surface area (Å²) in [4.78, 5) is 11.6. The zero-order valence-electron chi connectivity index (χ0n) is 16.9. The summed E-state index contributed by atoms with van der Waals surface area (Å²) in [6.45, 7) is 16.0. The maximum Gasteiger partial charge on any atom is 0.337 e. The fraction of sp³-hybridized carbons (Fsp3) is 0.409. The first-order valence-corrected chi connectivity index (χ1v) is 8.87. The van der Waals surface area contributed by atoms with Crippen LogP contribution in [0.15, 0.2) is 42.5 Å². The average molecular weight is 331 g/mol. The smallest absolute Gasteiger partial charge is 0.337 e. The Morgan fingerprint density at radius 3 is 1.67 bits per heavy atom. The van der Waals surface area contributed by atoms with Crippen LogP contribution in [0.5, 0.6) is 0 Å². The lowest BCUT2D eigenvalue weighted by Crippen LogP contribution is -2.01. The maximum atomic E-state index is 11.6. The topological polar surface area (TPSA) is 26.3 Å². The van der Waals surface area contributed by atoms with Gasteiger partial charge >= 0.3 is 5.97 Å². The largest absolute Gasteiger partial charge is 0.465 e. The van der Waals surface area contributed by atoms with Crippen molar-refractivity contribution in [3.8, 4) is 11.1 Å². The van der Waals surface area contributed by atoms with E-state index in [4.69, 9.17) is 4.74 Å². The number of carbonyl (C=O) groups excluding carboxylic acids is 1. The van der Waals surface area contributed by atoms with Crippen molar-refractivity contribution in [2.24, 2.45) is 0 Å². The number of methoxy groups -OCH3 is 1. The van der Waals surface area contributed by atoms with Gasteiger partial charge in [0.15, 0.2) is 0 Å². The van der Waals surface area contributed by atoms with Crippen molar-refractivity contribution >= 4 is 5.97 Å². The van der Waals surface area contributed by atoms with Crippen molar-refractivity contribution in [1.82, 2.24) is 0 Å². The third-order valence-electron chi connectivity index (χ3n) is 2.88. The van der Waals surface area contributed by atoms with Gasteiger partial charge in [-0.1, -0.05) is 77.4 Å². The van der Waals surface area contributed by atoms with Crippen molar-refractivity contribution in [3.05, 3.63) is 59.2 Å². The Kier molecular flexibility index (Phi) is 14.6. The van der Waals surface area contributed by atoms with Crippen molar-refractivity contribution in [1.29, 1.82) is 0 Å². The molecule has 0 unspecified atom stereocenters. The second-order valence-corrected chi connectivity index (χ2v) is 4.45. The van der Waals surface area contributed by atoms with E-state index >= 15 is 0 Å². The molecule has 0 N–H and O–H groups in total. The summed E-state index contributed by atoms with van der Waals surface area (Å²) in [6.07, 6.45) is 0. The van der Waals surface area contributed by atoms with E-state index in [1.54, 1.807) is 0 Å². The van der Waals surface area contributed by atoms with Crippen molar-refractivity contribution in [2.45, 2.75) is 55.4 Å². The predicted octanol–water partition coefficient (Wildman–Crippen LogP) is 6.84. The second-order valence-electron chi connectivity index (χ2n) is 4.45. The van der Waals surface area contributed by atoms with Gasteiger partial charge in [-0.2, -0.15) is 0 Å². The van der Waals surface area contributed by atoms with Gasteiger partial charge in [0.25, 0.3) is 0 Å². The lowest BCUT2D eigenvalue weighted by atomic mass is 9.99. The van der Waals surface area contributed by atoms with Gasteiger partial charge < -0.3 is 4.74 Å². The molecule has 0 saturated carbocycles. The molecule has 0 aliphatic carbocycles. The molecular weight excluding hydrogens is 296 g/mol. The Morgan fingerprint density at radius 1 is 0.708 bits per heavy atom. The van der Waals surface area contributed by atoms with E-state index in [1.807, 2.05) is 60.6 Å². The first-order chi connectivity index (χ1) is 11.6. The number of aryl methyl sites for hydroxylation is 2. The fourth-order valence-corrected chi connectivity index (χ4v) is 1.93. The summed E-state index contributed by atoms with van der Waals surface area (Å²) >= 11 is 0. The van der Waals surface area contributed by atoms with Gasteiger partial charge in [-0.3, -0.25) is 0 Å². The third kappa shape index (κ3) is 7.96. The maximum absolute atomic E-state index is 11.6. The number of carbonyl (C=O) groups is 1. The molecule has 0 amide bonds. The number of rotatable bonds is 2. The molecule has 2 rings (SSSR count). The van der Waals surface area contributed by atoms with E-state index in [0.29, 0.717) is 5.56 Å². The van der Waals surface area contributed by atoms with Gasteiger partial charge in [-0.05, 0) is 42.7 Å². The molecule has 2 heteroatoms. The zero-order valence-corrected chi connectivity index (χ0v) is 16.9. The molecule has 0 bridgehead atoms. The molecule has 0 fully saturated rings. The molecule has 0 aromatic heterocycles. The van der Waals surface area contributed by atoms with Gasteiger partial charge in [0, 0.05) is 0 Å². The van der Waals surface area contributed by atoms with Crippen LogP contribution in [-0.2, 0) is 4.74 Å². The van der Waals surface area contributed by atoms with Gasteiger partial charge in [0.1, 0.15) is 0 Å². The fourth-order valence-electron chi connectivity index (χ4n) is 1.93. The summed E-state index contributed by atoms with van der Waals surface area (Å²) < 4.78 is 4.76. The first kappa shape index (κ1) is 24.2. The number of esters is 1. The quantitative estimate of drug-likeness (QED) is 0.564. The van der Waals surface area contributed by atoms with E-state index in [1.165, 1.54) is 12.7 Å². The molecule has 134 valence electrons. The number of hydrogen-bond donors (Lipinski definition) is 0. The van der Waals surface area contributed by atoms with Gasteiger partial charge in [0.2, 0.25) is 0 Å². The van der Waals surface area contributed by atoms with E-state index < -0.39 is 0 Å². The van der Waals surface area contributed by atoms with Gasteiger partial charge in [-0.15, -0.1) is 0 Å². The molecule has 0 aliphatic heterocycles. The molecule has 0 saturated heterocycles. The summed E-state index contributed by atoms with van der Waals surface area (Å²) in [5.41, 5.74) is 5.01. The second kappa shape index (κ2) is 14.5. The van der Waals surface area contributed by atoms with E-state index in [0.717, 1.165) is 16.7 Å². The Balaban J connectivity index is 0. The minimum Gasteiger partial charge on any atom is -0.465 e. The number of hydrogen-bond acceptors (Lipinski definition) is 2. The molecule has 2 aromatic rings. The van der Waals surface area contributed by atoms with Crippen LogP contribution < -0.4 is 0 Å². The minimum atomic E-state index is -0.299. The predicted molar refractivity (Wildman–Crippen MR) is 107 cm³/mol. The molecule has 0 spiro atoms. The average Bonchev–Trinajstić information content (AvgIpc) is 2.66. The molecule has 2 aromatic carbocycles. The third-order valence-corrected chi connectivity index (χ3v) is 2.88. The van der Waals surface area contributed by atoms with Gasteiger partial charge in [0.05, 0.1) is 12.7 Å². The van der Waals surface area contributed by atoms with Crippen LogP contribution in [0, 0.1) is 13.8 Å². The SMILES string of the molecule is CC.CC.CC.COC(=O)c1cc(C)cc(-c2ccc(C)cc2)c1. The highest BCUT2D eigenvalue weighted by Crippen LogP contribution is 2.23. The van der Waals surface area contributed by atoms with Crippen LogP contribution in [0.4, 0.5) is 0 Å². The zero-order chi connectivity index (χ0) is 19.1. The van der Waals surface area contributed by atoms with Crippen LogP contribution in [0.2, 0.25) is 0 Å². The Bertz CT molecular complexity index is 569. The lowest BCUT2D eigenvalue weighted by Gasteiger charge is -2.07. The molecular formula is C22H34O2. The molecule has 24 heavy (non-hydrogen) atoms. The molecule has 0 aliphatic rings. The van der Waals surface area contributed by atoms with Crippen molar-refractivity contribution in [3.63, 3.8) is 0 Å². The van der Waals surface area contributed by atoms with Gasteiger partial charge in [-0.25, -0.2) is 4.79 Å². The molecule has 0 radical (unpaired) electrons. The summed E-state index contributed by atoms with van der Waals surface area (Å²) in [6, 6.07) is 14.0. The summed E-state index contributed by atoms with van der Waals surface area (Å²) in [7, 11) is 1.40. The van der Waals surface area contributed by atoms with E-state index in [2.05, 4.69) is 37.3 Å². The highest BCUT2D eigenvalue weighted by atomic mass is 16.5.